The third-order valence-electron chi connectivity index (χ3n) is 5.17. The minimum absolute atomic E-state index is 0.0730. The van der Waals surface area contributed by atoms with Crippen molar-refractivity contribution in [3.05, 3.63) is 36.3 Å². The lowest BCUT2D eigenvalue weighted by Crippen LogP contribution is -2.50. The normalized spacial score (nSPS) is 22.1. The Hall–Kier alpha value is -2.41. The molecule has 7 nitrogen and oxygen atoms in total. The van der Waals surface area contributed by atoms with E-state index >= 15 is 0 Å². The highest BCUT2D eigenvalue weighted by Crippen LogP contribution is 2.20. The lowest BCUT2D eigenvalue weighted by Gasteiger charge is -2.35. The molecule has 2 fully saturated rings. The van der Waals surface area contributed by atoms with E-state index in [0.717, 1.165) is 44.1 Å². The number of hydrogen-bond donors (Lipinski definition) is 0. The molecule has 2 saturated heterocycles. The molecule has 0 spiro atoms. The molecule has 2 aliphatic rings. The Labute approximate surface area is 146 Å². The molecule has 2 aromatic rings. The molecule has 2 amide bonds. The standard InChI is InChI=1S/C18H23N5O2/c1-20-11-14(10-17(20)24)18(25)22-8-6-21(7-9-22)12-15-13-23-5-3-2-4-16(23)19-15/h2-5,13-14H,6-12H2,1H3/t14-/m0/s1. The van der Waals surface area contributed by atoms with Crippen molar-refractivity contribution >= 4 is 17.5 Å². The number of nitrogens with zero attached hydrogens (tertiary/aromatic N) is 5. The van der Waals surface area contributed by atoms with Gasteiger partial charge in [0.25, 0.3) is 0 Å². The van der Waals surface area contributed by atoms with Crippen LogP contribution in [0.4, 0.5) is 0 Å². The Balaban J connectivity index is 1.32. The number of amides is 2. The Bertz CT molecular complexity index is 761. The number of likely N-dealkylation sites (tertiary alicyclic amines) is 1. The zero-order valence-corrected chi connectivity index (χ0v) is 14.5. The summed E-state index contributed by atoms with van der Waals surface area (Å²) in [7, 11) is 1.77. The molecule has 0 N–H and O–H groups in total. The second kappa shape index (κ2) is 6.48. The quantitative estimate of drug-likeness (QED) is 0.814. The van der Waals surface area contributed by atoms with Gasteiger partial charge in [0.15, 0.2) is 0 Å². The van der Waals surface area contributed by atoms with E-state index in [4.69, 9.17) is 0 Å². The third-order valence-corrected chi connectivity index (χ3v) is 5.17. The number of rotatable bonds is 3. The van der Waals surface area contributed by atoms with Gasteiger partial charge >= 0.3 is 0 Å². The zero-order chi connectivity index (χ0) is 17.4. The van der Waals surface area contributed by atoms with E-state index in [1.54, 1.807) is 11.9 Å². The highest BCUT2D eigenvalue weighted by Gasteiger charge is 2.35. The number of fused-ring (bicyclic) bond motifs is 1. The van der Waals surface area contributed by atoms with Crippen LogP contribution in [0.3, 0.4) is 0 Å². The zero-order valence-electron chi connectivity index (χ0n) is 14.5. The number of aromatic nitrogens is 2. The fourth-order valence-electron chi connectivity index (χ4n) is 3.71. The maximum Gasteiger partial charge on any atom is 0.228 e. The van der Waals surface area contributed by atoms with Crippen molar-refractivity contribution in [3.8, 4) is 0 Å². The van der Waals surface area contributed by atoms with Gasteiger partial charge in [0, 0.05) is 65.1 Å². The van der Waals surface area contributed by atoms with Crippen LogP contribution in [0.15, 0.2) is 30.6 Å². The van der Waals surface area contributed by atoms with Gasteiger partial charge in [-0.15, -0.1) is 0 Å². The predicted molar refractivity (Wildman–Crippen MR) is 92.8 cm³/mol. The summed E-state index contributed by atoms with van der Waals surface area (Å²) in [6, 6.07) is 5.98. The van der Waals surface area contributed by atoms with Gasteiger partial charge in [-0.3, -0.25) is 14.5 Å². The first-order valence-electron chi connectivity index (χ1n) is 8.78. The van der Waals surface area contributed by atoms with Gasteiger partial charge in [-0.1, -0.05) is 6.07 Å². The van der Waals surface area contributed by atoms with Crippen LogP contribution in [0.25, 0.3) is 5.65 Å². The van der Waals surface area contributed by atoms with Gasteiger partial charge in [0.05, 0.1) is 11.6 Å². The molecule has 2 aliphatic heterocycles. The SMILES string of the molecule is CN1C[C@@H](C(=O)N2CCN(Cc3cn4ccccc4n3)CC2)CC1=O. The van der Waals surface area contributed by atoms with Crippen molar-refractivity contribution in [2.24, 2.45) is 5.92 Å². The van der Waals surface area contributed by atoms with Crippen LogP contribution < -0.4 is 0 Å². The first-order chi connectivity index (χ1) is 12.1. The average molecular weight is 341 g/mol. The largest absolute Gasteiger partial charge is 0.345 e. The first kappa shape index (κ1) is 16.1. The summed E-state index contributed by atoms with van der Waals surface area (Å²) in [5, 5.41) is 0. The van der Waals surface area contributed by atoms with E-state index in [1.807, 2.05) is 33.7 Å². The van der Waals surface area contributed by atoms with Crippen molar-refractivity contribution < 1.29 is 9.59 Å². The summed E-state index contributed by atoms with van der Waals surface area (Å²) in [5.74, 6) is 0.0383. The van der Waals surface area contributed by atoms with Gasteiger partial charge in [0.2, 0.25) is 11.8 Å². The summed E-state index contributed by atoms with van der Waals surface area (Å²) >= 11 is 0. The van der Waals surface area contributed by atoms with Crippen molar-refractivity contribution in [1.82, 2.24) is 24.1 Å². The fourth-order valence-corrected chi connectivity index (χ4v) is 3.71. The average Bonchev–Trinajstić information content (AvgIpc) is 3.17. The van der Waals surface area contributed by atoms with E-state index in [2.05, 4.69) is 16.1 Å². The van der Waals surface area contributed by atoms with Crippen LogP contribution in [0, 0.1) is 5.92 Å². The molecule has 0 saturated carbocycles. The lowest BCUT2D eigenvalue weighted by molar-refractivity contribution is -0.137. The smallest absolute Gasteiger partial charge is 0.228 e. The van der Waals surface area contributed by atoms with Crippen LogP contribution in [-0.4, -0.2) is 75.7 Å². The number of piperazine rings is 1. The Morgan fingerprint density at radius 2 is 2.04 bits per heavy atom. The highest BCUT2D eigenvalue weighted by atomic mass is 16.2. The van der Waals surface area contributed by atoms with Crippen LogP contribution in [-0.2, 0) is 16.1 Å². The summed E-state index contributed by atoms with van der Waals surface area (Å²) in [6.45, 7) is 4.49. The molecule has 4 heterocycles. The number of imidazole rings is 1. The number of carbonyl (C=O) groups excluding carboxylic acids is 2. The Morgan fingerprint density at radius 1 is 1.24 bits per heavy atom. The summed E-state index contributed by atoms with van der Waals surface area (Å²) in [4.78, 5) is 34.8. The predicted octanol–water partition coefficient (Wildman–Crippen LogP) is 0.457. The molecule has 1 atom stereocenters. The summed E-state index contributed by atoms with van der Waals surface area (Å²) < 4.78 is 2.03. The second-order valence-electron chi connectivity index (χ2n) is 6.98. The molecule has 25 heavy (non-hydrogen) atoms. The van der Waals surface area contributed by atoms with Crippen LogP contribution >= 0.6 is 0 Å². The minimum atomic E-state index is -0.164. The second-order valence-corrected chi connectivity index (χ2v) is 6.98. The molecule has 132 valence electrons. The molecule has 7 heteroatoms. The van der Waals surface area contributed by atoms with Crippen molar-refractivity contribution in [1.29, 1.82) is 0 Å². The van der Waals surface area contributed by atoms with Gasteiger partial charge in [-0.2, -0.15) is 0 Å². The molecular formula is C18H23N5O2. The van der Waals surface area contributed by atoms with E-state index < -0.39 is 0 Å². The molecule has 0 aliphatic carbocycles. The Morgan fingerprint density at radius 3 is 2.72 bits per heavy atom. The van der Waals surface area contributed by atoms with Gasteiger partial charge in [-0.05, 0) is 12.1 Å². The van der Waals surface area contributed by atoms with Crippen LogP contribution in [0.2, 0.25) is 0 Å². The minimum Gasteiger partial charge on any atom is -0.345 e. The fraction of sp³-hybridized carbons (Fsp3) is 0.500. The lowest BCUT2D eigenvalue weighted by atomic mass is 10.1. The van der Waals surface area contributed by atoms with Gasteiger partial charge < -0.3 is 14.2 Å². The molecular weight excluding hydrogens is 318 g/mol. The van der Waals surface area contributed by atoms with Crippen molar-refractivity contribution in [3.63, 3.8) is 0 Å². The van der Waals surface area contributed by atoms with Crippen molar-refractivity contribution in [2.75, 3.05) is 39.8 Å². The van der Waals surface area contributed by atoms with E-state index in [-0.39, 0.29) is 17.7 Å². The molecule has 0 unspecified atom stereocenters. The van der Waals surface area contributed by atoms with Gasteiger partial charge in [-0.25, -0.2) is 4.98 Å². The number of pyridine rings is 1. The van der Waals surface area contributed by atoms with Gasteiger partial charge in [0.1, 0.15) is 5.65 Å². The molecule has 0 aromatic carbocycles. The first-order valence-corrected chi connectivity index (χ1v) is 8.78. The van der Waals surface area contributed by atoms with E-state index in [0.29, 0.717) is 13.0 Å². The van der Waals surface area contributed by atoms with Crippen LogP contribution in [0.1, 0.15) is 12.1 Å². The van der Waals surface area contributed by atoms with E-state index in [1.165, 1.54) is 0 Å². The molecule has 4 rings (SSSR count). The highest BCUT2D eigenvalue weighted by molar-refractivity contribution is 5.89. The maximum absolute atomic E-state index is 12.6. The maximum atomic E-state index is 12.6. The number of carbonyl (C=O) groups is 2. The molecule has 0 radical (unpaired) electrons. The van der Waals surface area contributed by atoms with Crippen LogP contribution in [0.5, 0.6) is 0 Å². The summed E-state index contributed by atoms with van der Waals surface area (Å²) in [6.07, 6.45) is 4.42. The summed E-state index contributed by atoms with van der Waals surface area (Å²) in [5.41, 5.74) is 2.01. The number of hydrogen-bond acceptors (Lipinski definition) is 4. The Kier molecular flexibility index (Phi) is 4.17. The van der Waals surface area contributed by atoms with E-state index in [9.17, 15) is 9.59 Å². The topological polar surface area (TPSA) is 61.2 Å². The molecule has 2 aromatic heterocycles. The monoisotopic (exact) mass is 341 g/mol. The third kappa shape index (κ3) is 3.24. The van der Waals surface area contributed by atoms with Crippen molar-refractivity contribution in [2.45, 2.75) is 13.0 Å². The molecule has 0 bridgehead atoms.